The van der Waals surface area contributed by atoms with Crippen molar-refractivity contribution in [3.63, 3.8) is 0 Å². The zero-order valence-corrected chi connectivity index (χ0v) is 19.9. The van der Waals surface area contributed by atoms with Crippen LogP contribution in [0.3, 0.4) is 0 Å². The van der Waals surface area contributed by atoms with Crippen LogP contribution in [0.5, 0.6) is 0 Å². The fraction of sp³-hybridized carbons (Fsp3) is 0.385. The van der Waals surface area contributed by atoms with E-state index in [4.69, 9.17) is 23.2 Å². The summed E-state index contributed by atoms with van der Waals surface area (Å²) in [5.74, 6) is -0.284. The van der Waals surface area contributed by atoms with Crippen LogP contribution in [0, 0.1) is 12.3 Å². The molecule has 1 heterocycles. The fourth-order valence-corrected chi connectivity index (χ4v) is 5.49. The number of allylic oxidation sites excluding steroid dienone is 2. The van der Waals surface area contributed by atoms with E-state index in [1.807, 2.05) is 36.1 Å². The van der Waals surface area contributed by atoms with Gasteiger partial charge in [-0.05, 0) is 47.9 Å². The molecule has 1 aliphatic heterocycles. The largest absolute Gasteiger partial charge is 0.294 e. The van der Waals surface area contributed by atoms with Crippen LogP contribution in [0.25, 0.3) is 0 Å². The van der Waals surface area contributed by atoms with Crippen molar-refractivity contribution in [2.75, 3.05) is 4.90 Å². The smallest absolute Gasteiger partial charge is 0.232 e. The first-order chi connectivity index (χ1) is 14.6. The average molecular weight is 456 g/mol. The molecule has 0 aromatic heterocycles. The maximum Gasteiger partial charge on any atom is 0.232 e. The SMILES string of the molecule is CCc1cccc(C)c1N1C(=O)CC(c2cccc(Cl)c2Cl)C2=C1CC(C)(C)CC2=O. The van der Waals surface area contributed by atoms with Gasteiger partial charge in [0.05, 0.1) is 15.7 Å². The maximum atomic E-state index is 13.7. The molecule has 0 spiro atoms. The molecule has 0 radical (unpaired) electrons. The van der Waals surface area contributed by atoms with E-state index in [-0.39, 0.29) is 29.4 Å². The minimum atomic E-state index is -0.373. The fourth-order valence-electron chi connectivity index (χ4n) is 5.05. The maximum absolute atomic E-state index is 13.7. The second-order valence-electron chi connectivity index (χ2n) is 9.37. The van der Waals surface area contributed by atoms with Crippen LogP contribution in [-0.4, -0.2) is 11.7 Å². The molecule has 31 heavy (non-hydrogen) atoms. The summed E-state index contributed by atoms with van der Waals surface area (Å²) < 4.78 is 0. The molecular weight excluding hydrogens is 429 g/mol. The Bertz CT molecular complexity index is 1120. The van der Waals surface area contributed by atoms with Gasteiger partial charge < -0.3 is 0 Å². The molecule has 3 nitrogen and oxygen atoms in total. The van der Waals surface area contributed by atoms with Gasteiger partial charge in [-0.1, -0.05) is 74.3 Å². The van der Waals surface area contributed by atoms with E-state index in [1.165, 1.54) is 0 Å². The Morgan fingerprint density at radius 1 is 1.06 bits per heavy atom. The third-order valence-corrected chi connectivity index (χ3v) is 7.26. The van der Waals surface area contributed by atoms with Gasteiger partial charge >= 0.3 is 0 Å². The molecule has 1 atom stereocenters. The number of aryl methyl sites for hydroxylation is 2. The number of halogens is 2. The van der Waals surface area contributed by atoms with Crippen molar-refractivity contribution in [3.8, 4) is 0 Å². The van der Waals surface area contributed by atoms with Gasteiger partial charge in [-0.2, -0.15) is 0 Å². The standard InChI is InChI=1S/C26H27Cl2NO2/c1-5-16-9-6-8-15(2)25(16)29-20-13-26(3,4)14-21(30)23(20)18(12-22(29)31)17-10-7-11-19(27)24(17)28/h6-11,18H,5,12-14H2,1-4H3. The number of amides is 1. The van der Waals surface area contributed by atoms with Crippen LogP contribution in [0.15, 0.2) is 47.7 Å². The summed E-state index contributed by atoms with van der Waals surface area (Å²) in [4.78, 5) is 29.0. The Balaban J connectivity index is 1.98. The number of hydrogen-bond acceptors (Lipinski definition) is 2. The molecule has 2 aliphatic rings. The van der Waals surface area contributed by atoms with E-state index in [0.717, 1.165) is 34.5 Å². The number of nitrogens with zero attached hydrogens (tertiary/aromatic N) is 1. The van der Waals surface area contributed by atoms with Gasteiger partial charge in [-0.15, -0.1) is 0 Å². The number of hydrogen-bond donors (Lipinski definition) is 0. The van der Waals surface area contributed by atoms with Gasteiger partial charge in [0.25, 0.3) is 0 Å². The zero-order chi connectivity index (χ0) is 22.5. The van der Waals surface area contributed by atoms with Crippen molar-refractivity contribution in [2.24, 2.45) is 5.41 Å². The summed E-state index contributed by atoms with van der Waals surface area (Å²) in [6.45, 7) is 8.29. The van der Waals surface area contributed by atoms with Crippen molar-refractivity contribution in [1.29, 1.82) is 0 Å². The monoisotopic (exact) mass is 455 g/mol. The highest BCUT2D eigenvalue weighted by molar-refractivity contribution is 6.42. The predicted molar refractivity (Wildman–Crippen MR) is 127 cm³/mol. The minimum absolute atomic E-state index is 0.00529. The molecular formula is C26H27Cl2NO2. The quantitative estimate of drug-likeness (QED) is 0.497. The third-order valence-electron chi connectivity index (χ3n) is 6.43. The van der Waals surface area contributed by atoms with Gasteiger partial charge in [0.1, 0.15) is 0 Å². The molecule has 0 bridgehead atoms. The van der Waals surface area contributed by atoms with Gasteiger partial charge in [0, 0.05) is 30.0 Å². The Morgan fingerprint density at radius 2 is 1.77 bits per heavy atom. The van der Waals surface area contributed by atoms with Gasteiger partial charge in [0.15, 0.2) is 5.78 Å². The van der Waals surface area contributed by atoms with Crippen molar-refractivity contribution in [3.05, 3.63) is 74.4 Å². The lowest BCUT2D eigenvalue weighted by atomic mass is 9.69. The van der Waals surface area contributed by atoms with Crippen LogP contribution in [0.2, 0.25) is 10.0 Å². The average Bonchev–Trinajstić information content (AvgIpc) is 2.69. The lowest BCUT2D eigenvalue weighted by Crippen LogP contribution is -2.44. The number of carbonyl (C=O) groups excluding carboxylic acids is 2. The number of rotatable bonds is 3. The summed E-state index contributed by atoms with van der Waals surface area (Å²) in [5.41, 5.74) is 5.14. The van der Waals surface area contributed by atoms with Crippen LogP contribution in [0.4, 0.5) is 5.69 Å². The Hall–Kier alpha value is -2.10. The highest BCUT2D eigenvalue weighted by Crippen LogP contribution is 2.50. The second kappa shape index (κ2) is 8.11. The molecule has 5 heteroatoms. The summed E-state index contributed by atoms with van der Waals surface area (Å²) >= 11 is 12.8. The van der Waals surface area contributed by atoms with E-state index in [1.54, 1.807) is 6.07 Å². The van der Waals surface area contributed by atoms with Crippen molar-refractivity contribution >= 4 is 40.6 Å². The Morgan fingerprint density at radius 3 is 2.48 bits per heavy atom. The summed E-state index contributed by atoms with van der Waals surface area (Å²) in [6.07, 6.45) is 2.12. The zero-order valence-electron chi connectivity index (χ0n) is 18.4. The first-order valence-corrected chi connectivity index (χ1v) is 11.5. The normalized spacial score (nSPS) is 20.8. The van der Waals surface area contributed by atoms with Crippen LogP contribution >= 0.6 is 23.2 Å². The number of para-hydroxylation sites is 1. The lowest BCUT2D eigenvalue weighted by Gasteiger charge is -2.44. The van der Waals surface area contributed by atoms with Crippen LogP contribution < -0.4 is 4.90 Å². The van der Waals surface area contributed by atoms with E-state index in [2.05, 4.69) is 26.8 Å². The number of ketones is 1. The number of anilines is 1. The minimum Gasteiger partial charge on any atom is -0.294 e. The first kappa shape index (κ1) is 22.1. The molecule has 1 unspecified atom stereocenters. The van der Waals surface area contributed by atoms with Gasteiger partial charge in [-0.25, -0.2) is 0 Å². The van der Waals surface area contributed by atoms with Crippen molar-refractivity contribution < 1.29 is 9.59 Å². The molecule has 162 valence electrons. The Labute approximate surface area is 194 Å². The highest BCUT2D eigenvalue weighted by Gasteiger charge is 2.45. The van der Waals surface area contributed by atoms with Crippen molar-refractivity contribution in [1.82, 2.24) is 0 Å². The summed E-state index contributed by atoms with van der Waals surface area (Å²) in [7, 11) is 0. The van der Waals surface area contributed by atoms with Gasteiger partial charge in [-0.3, -0.25) is 14.5 Å². The molecule has 1 amide bonds. The van der Waals surface area contributed by atoms with Crippen LogP contribution in [0.1, 0.15) is 62.6 Å². The molecule has 0 saturated carbocycles. The number of carbonyl (C=O) groups is 2. The first-order valence-electron chi connectivity index (χ1n) is 10.8. The molecule has 0 N–H and O–H groups in total. The van der Waals surface area contributed by atoms with E-state index >= 15 is 0 Å². The molecule has 1 aliphatic carbocycles. The van der Waals surface area contributed by atoms with E-state index in [9.17, 15) is 9.59 Å². The summed E-state index contributed by atoms with van der Waals surface area (Å²) in [5, 5.41) is 0.858. The molecule has 0 saturated heterocycles. The number of Topliss-reactive ketones (excluding diaryl/α,β-unsaturated/α-hetero) is 1. The molecule has 2 aromatic carbocycles. The van der Waals surface area contributed by atoms with Crippen molar-refractivity contribution in [2.45, 2.75) is 59.3 Å². The summed E-state index contributed by atoms with van der Waals surface area (Å²) in [6, 6.07) is 11.5. The third kappa shape index (κ3) is 3.83. The second-order valence-corrected chi connectivity index (χ2v) is 10.2. The lowest BCUT2D eigenvalue weighted by molar-refractivity contribution is -0.121. The topological polar surface area (TPSA) is 37.4 Å². The molecule has 4 rings (SSSR count). The van der Waals surface area contributed by atoms with Crippen LogP contribution in [-0.2, 0) is 16.0 Å². The van der Waals surface area contributed by atoms with E-state index in [0.29, 0.717) is 28.5 Å². The molecule has 2 aromatic rings. The predicted octanol–water partition coefficient (Wildman–Crippen LogP) is 7.03. The number of benzene rings is 2. The Kier molecular flexibility index (Phi) is 5.78. The van der Waals surface area contributed by atoms with Gasteiger partial charge in [0.2, 0.25) is 5.91 Å². The van der Waals surface area contributed by atoms with E-state index < -0.39 is 0 Å². The highest BCUT2D eigenvalue weighted by atomic mass is 35.5. The molecule has 0 fully saturated rings.